The number of nitrogens with zero attached hydrogens (tertiary/aromatic N) is 2. The van der Waals surface area contributed by atoms with Crippen molar-refractivity contribution in [3.05, 3.63) is 70.7 Å². The Balaban J connectivity index is 1.94. The standard InChI is InChI=1S/C25H17FN2O3/c1-13-8-15-9-16(12-27)20(26)10-19(15)24(18(13)11-22(29)30)17-2-3-21-23-14(5-7-31-21)4-6-28-25(17)23/h2-4,6,8-10H,5,7,11H2,1H3,(H,29,30). The second kappa shape index (κ2) is 7.06. The van der Waals surface area contributed by atoms with Crippen molar-refractivity contribution in [1.82, 2.24) is 4.98 Å². The summed E-state index contributed by atoms with van der Waals surface area (Å²) in [5.41, 5.74) is 4.47. The number of halogens is 1. The topological polar surface area (TPSA) is 83.2 Å². The van der Waals surface area contributed by atoms with Crippen LogP contribution in [0.2, 0.25) is 0 Å². The van der Waals surface area contributed by atoms with Crippen LogP contribution < -0.4 is 4.74 Å². The van der Waals surface area contributed by atoms with E-state index in [9.17, 15) is 19.6 Å². The van der Waals surface area contributed by atoms with Crippen LogP contribution in [0.1, 0.15) is 22.3 Å². The molecule has 152 valence electrons. The quantitative estimate of drug-likeness (QED) is 0.516. The largest absolute Gasteiger partial charge is 0.493 e. The van der Waals surface area contributed by atoms with Gasteiger partial charge in [0.05, 0.1) is 24.1 Å². The molecule has 0 fully saturated rings. The summed E-state index contributed by atoms with van der Waals surface area (Å²) in [6.07, 6.45) is 2.28. The summed E-state index contributed by atoms with van der Waals surface area (Å²) >= 11 is 0. The van der Waals surface area contributed by atoms with Crippen LogP contribution in [0.5, 0.6) is 5.75 Å². The van der Waals surface area contributed by atoms with Crippen LogP contribution in [0.3, 0.4) is 0 Å². The molecular formula is C25H17FN2O3. The molecule has 4 aromatic rings. The number of carbonyl (C=O) groups is 1. The number of carboxylic acid groups (broad SMARTS) is 1. The summed E-state index contributed by atoms with van der Waals surface area (Å²) < 4.78 is 20.5. The molecule has 31 heavy (non-hydrogen) atoms. The summed E-state index contributed by atoms with van der Waals surface area (Å²) in [4.78, 5) is 16.3. The molecule has 3 aromatic carbocycles. The van der Waals surface area contributed by atoms with Gasteiger partial charge in [0.25, 0.3) is 0 Å². The van der Waals surface area contributed by atoms with Crippen molar-refractivity contribution in [2.24, 2.45) is 0 Å². The summed E-state index contributed by atoms with van der Waals surface area (Å²) in [6, 6.07) is 12.2. The van der Waals surface area contributed by atoms with E-state index in [4.69, 9.17) is 4.74 Å². The summed E-state index contributed by atoms with van der Waals surface area (Å²) in [7, 11) is 0. The number of aromatic nitrogens is 1. The molecule has 0 radical (unpaired) electrons. The highest BCUT2D eigenvalue weighted by Crippen LogP contribution is 2.42. The molecule has 5 nitrogen and oxygen atoms in total. The lowest BCUT2D eigenvalue weighted by atomic mass is 9.86. The number of hydrogen-bond acceptors (Lipinski definition) is 4. The molecule has 0 bridgehead atoms. The fourth-order valence-corrected chi connectivity index (χ4v) is 4.48. The number of fused-ring (bicyclic) bond motifs is 1. The zero-order valence-electron chi connectivity index (χ0n) is 16.7. The fourth-order valence-electron chi connectivity index (χ4n) is 4.48. The number of aryl methyl sites for hydroxylation is 1. The number of rotatable bonds is 3. The van der Waals surface area contributed by atoms with Gasteiger partial charge < -0.3 is 9.84 Å². The number of carboxylic acids is 1. The molecule has 1 aromatic heterocycles. The van der Waals surface area contributed by atoms with E-state index in [1.165, 1.54) is 12.1 Å². The van der Waals surface area contributed by atoms with Crippen LogP contribution in [-0.2, 0) is 17.6 Å². The number of aliphatic carboxylic acids is 1. The van der Waals surface area contributed by atoms with Crippen LogP contribution in [-0.4, -0.2) is 22.7 Å². The highest BCUT2D eigenvalue weighted by atomic mass is 19.1. The van der Waals surface area contributed by atoms with Gasteiger partial charge in [0.2, 0.25) is 0 Å². The Hall–Kier alpha value is -3.98. The Labute approximate surface area is 177 Å². The van der Waals surface area contributed by atoms with E-state index in [-0.39, 0.29) is 12.0 Å². The van der Waals surface area contributed by atoms with Gasteiger partial charge in [-0.2, -0.15) is 5.26 Å². The number of ether oxygens (including phenoxy) is 1. The molecule has 0 amide bonds. The maximum Gasteiger partial charge on any atom is 0.307 e. The number of benzene rings is 3. The molecular weight excluding hydrogens is 395 g/mol. The monoisotopic (exact) mass is 412 g/mol. The van der Waals surface area contributed by atoms with Gasteiger partial charge in [-0.15, -0.1) is 0 Å². The Morgan fingerprint density at radius 3 is 2.90 bits per heavy atom. The predicted octanol–water partition coefficient (Wildman–Crippen LogP) is 4.94. The Kier molecular flexibility index (Phi) is 4.33. The van der Waals surface area contributed by atoms with Crippen molar-refractivity contribution in [2.75, 3.05) is 6.61 Å². The second-order valence-corrected chi connectivity index (χ2v) is 7.69. The summed E-state index contributed by atoms with van der Waals surface area (Å²) in [6.45, 7) is 2.42. The van der Waals surface area contributed by atoms with E-state index in [0.717, 1.165) is 34.2 Å². The third-order valence-electron chi connectivity index (χ3n) is 5.85. The lowest BCUT2D eigenvalue weighted by molar-refractivity contribution is -0.136. The maximum absolute atomic E-state index is 14.6. The fraction of sp³-hybridized carbons (Fsp3) is 0.160. The minimum Gasteiger partial charge on any atom is -0.493 e. The average molecular weight is 412 g/mol. The lowest BCUT2D eigenvalue weighted by Crippen LogP contribution is -2.10. The van der Waals surface area contributed by atoms with Gasteiger partial charge in [0.15, 0.2) is 0 Å². The Morgan fingerprint density at radius 1 is 1.29 bits per heavy atom. The van der Waals surface area contributed by atoms with Gasteiger partial charge in [0.1, 0.15) is 17.6 Å². The molecule has 1 N–H and O–H groups in total. The van der Waals surface area contributed by atoms with Gasteiger partial charge in [-0.25, -0.2) is 4.39 Å². The van der Waals surface area contributed by atoms with Gasteiger partial charge in [-0.1, -0.05) is 6.07 Å². The number of nitriles is 1. The zero-order valence-corrected chi connectivity index (χ0v) is 16.7. The van der Waals surface area contributed by atoms with Gasteiger partial charge in [0, 0.05) is 23.6 Å². The molecule has 0 aliphatic carbocycles. The van der Waals surface area contributed by atoms with Gasteiger partial charge in [-0.3, -0.25) is 9.78 Å². The summed E-state index contributed by atoms with van der Waals surface area (Å²) in [5, 5.41) is 20.9. The van der Waals surface area contributed by atoms with E-state index in [1.807, 2.05) is 31.2 Å². The Bertz CT molecular complexity index is 1440. The van der Waals surface area contributed by atoms with Gasteiger partial charge in [-0.05, 0) is 70.3 Å². The molecule has 5 rings (SSSR count). The van der Waals surface area contributed by atoms with Crippen LogP contribution in [0, 0.1) is 24.1 Å². The highest BCUT2D eigenvalue weighted by molar-refractivity contribution is 6.08. The third-order valence-corrected chi connectivity index (χ3v) is 5.85. The molecule has 6 heteroatoms. The number of hydrogen-bond donors (Lipinski definition) is 1. The van der Waals surface area contributed by atoms with E-state index in [2.05, 4.69) is 4.98 Å². The van der Waals surface area contributed by atoms with Gasteiger partial charge >= 0.3 is 5.97 Å². The van der Waals surface area contributed by atoms with Crippen molar-refractivity contribution < 1.29 is 19.0 Å². The molecule has 1 aliphatic heterocycles. The van der Waals surface area contributed by atoms with Crippen LogP contribution >= 0.6 is 0 Å². The van der Waals surface area contributed by atoms with Crippen LogP contribution in [0.15, 0.2) is 42.6 Å². The first kappa shape index (κ1) is 19.0. The molecule has 0 saturated heterocycles. The van der Waals surface area contributed by atoms with Crippen molar-refractivity contribution >= 4 is 27.6 Å². The maximum atomic E-state index is 14.6. The molecule has 0 atom stereocenters. The zero-order chi connectivity index (χ0) is 21.7. The average Bonchev–Trinajstić information content (AvgIpc) is 2.75. The summed E-state index contributed by atoms with van der Waals surface area (Å²) in [5.74, 6) is -0.875. The molecule has 0 saturated carbocycles. The van der Waals surface area contributed by atoms with Crippen molar-refractivity contribution in [1.29, 1.82) is 5.26 Å². The molecule has 0 spiro atoms. The van der Waals surface area contributed by atoms with Crippen molar-refractivity contribution in [3.63, 3.8) is 0 Å². The van der Waals surface area contributed by atoms with E-state index >= 15 is 0 Å². The minimum absolute atomic E-state index is 0.0488. The van der Waals surface area contributed by atoms with Crippen LogP contribution in [0.4, 0.5) is 4.39 Å². The normalized spacial score (nSPS) is 12.5. The van der Waals surface area contributed by atoms with Crippen molar-refractivity contribution in [3.8, 4) is 22.9 Å². The van der Waals surface area contributed by atoms with Crippen molar-refractivity contribution in [2.45, 2.75) is 19.8 Å². The first-order chi connectivity index (χ1) is 15.0. The van der Waals surface area contributed by atoms with Crippen LogP contribution in [0.25, 0.3) is 32.8 Å². The first-order valence-electron chi connectivity index (χ1n) is 9.89. The molecule has 2 heterocycles. The SMILES string of the molecule is Cc1cc2cc(C#N)c(F)cc2c(-c2ccc3c4c(ccnc24)CCO3)c1CC(=O)O. The predicted molar refractivity (Wildman–Crippen MR) is 115 cm³/mol. The molecule has 1 aliphatic rings. The molecule has 0 unspecified atom stereocenters. The smallest absolute Gasteiger partial charge is 0.307 e. The van der Waals surface area contributed by atoms with E-state index in [0.29, 0.717) is 34.0 Å². The second-order valence-electron chi connectivity index (χ2n) is 7.69. The number of pyridine rings is 1. The van der Waals surface area contributed by atoms with E-state index < -0.39 is 11.8 Å². The highest BCUT2D eigenvalue weighted by Gasteiger charge is 2.22. The first-order valence-corrected chi connectivity index (χ1v) is 9.89. The minimum atomic E-state index is -0.975. The third kappa shape index (κ3) is 2.98. The Morgan fingerprint density at radius 2 is 2.13 bits per heavy atom. The lowest BCUT2D eigenvalue weighted by Gasteiger charge is -2.21. The van der Waals surface area contributed by atoms with E-state index in [1.54, 1.807) is 12.3 Å².